The van der Waals surface area contributed by atoms with Crippen LogP contribution in [0.4, 0.5) is 0 Å². The second-order valence-electron chi connectivity index (χ2n) is 9.88. The van der Waals surface area contributed by atoms with Gasteiger partial charge in [0.2, 0.25) is 17.7 Å². The van der Waals surface area contributed by atoms with Crippen molar-refractivity contribution in [2.75, 3.05) is 26.3 Å². The summed E-state index contributed by atoms with van der Waals surface area (Å²) in [7, 11) is 0. The van der Waals surface area contributed by atoms with E-state index in [1.165, 1.54) is 16.3 Å². The van der Waals surface area contributed by atoms with E-state index in [4.69, 9.17) is 4.74 Å². The van der Waals surface area contributed by atoms with Gasteiger partial charge in [-0.3, -0.25) is 29.1 Å². The SMILES string of the molecule is CC(C)(C)c1ccc(C2c3sc(=O)n(CC(=O)N4CCOCC4)c3SC3C(=O)NC(=O)C32)cc1. The third kappa shape index (κ3) is 4.01. The van der Waals surface area contributed by atoms with Gasteiger partial charge in [0, 0.05) is 23.9 Å². The molecule has 180 valence electrons. The maximum Gasteiger partial charge on any atom is 0.308 e. The number of amides is 3. The van der Waals surface area contributed by atoms with Crippen LogP contribution in [0.3, 0.4) is 0 Å². The van der Waals surface area contributed by atoms with E-state index in [1.807, 2.05) is 24.3 Å². The lowest BCUT2D eigenvalue weighted by Gasteiger charge is -2.31. The summed E-state index contributed by atoms with van der Waals surface area (Å²) in [6.07, 6.45) is 0. The van der Waals surface area contributed by atoms with Crippen molar-refractivity contribution in [1.29, 1.82) is 0 Å². The molecule has 2 aromatic rings. The van der Waals surface area contributed by atoms with Gasteiger partial charge in [0.1, 0.15) is 11.8 Å². The van der Waals surface area contributed by atoms with Crippen LogP contribution in [0.5, 0.6) is 0 Å². The Hall–Kier alpha value is -2.43. The minimum absolute atomic E-state index is 0.0245. The van der Waals surface area contributed by atoms with Crippen LogP contribution in [0.15, 0.2) is 34.1 Å². The number of thioether (sulfide) groups is 1. The van der Waals surface area contributed by atoms with Crippen LogP contribution in [0.2, 0.25) is 0 Å². The zero-order chi connectivity index (χ0) is 24.2. The minimum atomic E-state index is -0.633. The lowest BCUT2D eigenvalue weighted by Crippen LogP contribution is -2.43. The molecular formula is C24H27N3O5S2. The van der Waals surface area contributed by atoms with Crippen molar-refractivity contribution in [3.05, 3.63) is 49.9 Å². The van der Waals surface area contributed by atoms with Crippen LogP contribution in [0.25, 0.3) is 0 Å². The molecule has 3 unspecified atom stereocenters. The molecule has 1 aromatic heterocycles. The van der Waals surface area contributed by atoms with Crippen molar-refractivity contribution >= 4 is 40.8 Å². The number of thiazole rings is 1. The predicted molar refractivity (Wildman–Crippen MR) is 129 cm³/mol. The number of imide groups is 1. The van der Waals surface area contributed by atoms with Crippen molar-refractivity contribution in [2.45, 2.75) is 48.9 Å². The van der Waals surface area contributed by atoms with Crippen LogP contribution < -0.4 is 10.2 Å². The molecule has 3 aliphatic heterocycles. The molecule has 0 spiro atoms. The van der Waals surface area contributed by atoms with E-state index >= 15 is 0 Å². The van der Waals surface area contributed by atoms with E-state index in [-0.39, 0.29) is 34.6 Å². The Morgan fingerprint density at radius 1 is 1.09 bits per heavy atom. The van der Waals surface area contributed by atoms with Crippen LogP contribution in [-0.4, -0.2) is 58.7 Å². The zero-order valence-corrected chi connectivity index (χ0v) is 21.0. The summed E-state index contributed by atoms with van der Waals surface area (Å²) in [4.78, 5) is 53.6. The average Bonchev–Trinajstić information content (AvgIpc) is 3.27. The monoisotopic (exact) mass is 501 g/mol. The molecule has 0 saturated carbocycles. The number of fused-ring (bicyclic) bond motifs is 2. The highest BCUT2D eigenvalue weighted by Gasteiger charge is 2.52. The van der Waals surface area contributed by atoms with Gasteiger partial charge in [-0.05, 0) is 16.5 Å². The van der Waals surface area contributed by atoms with Gasteiger partial charge in [-0.25, -0.2) is 0 Å². The highest BCUT2D eigenvalue weighted by atomic mass is 32.2. The average molecular weight is 502 g/mol. The van der Waals surface area contributed by atoms with Crippen LogP contribution in [-0.2, 0) is 31.1 Å². The van der Waals surface area contributed by atoms with E-state index in [0.717, 1.165) is 27.3 Å². The molecule has 1 N–H and O–H groups in total. The van der Waals surface area contributed by atoms with E-state index in [1.54, 1.807) is 4.90 Å². The lowest BCUT2D eigenvalue weighted by molar-refractivity contribution is -0.136. The molecule has 5 rings (SSSR count). The maximum atomic E-state index is 13.1. The van der Waals surface area contributed by atoms with Crippen molar-refractivity contribution in [3.63, 3.8) is 0 Å². The predicted octanol–water partition coefficient (Wildman–Crippen LogP) is 1.94. The Morgan fingerprint density at radius 3 is 2.41 bits per heavy atom. The maximum absolute atomic E-state index is 13.1. The Kier molecular flexibility index (Phi) is 5.94. The fourth-order valence-electron chi connectivity index (χ4n) is 4.77. The van der Waals surface area contributed by atoms with Gasteiger partial charge in [0.05, 0.1) is 24.2 Å². The molecule has 1 aromatic carbocycles. The Labute approximate surface area is 205 Å². The number of hydrogen-bond acceptors (Lipinski definition) is 7. The fourth-order valence-corrected chi connectivity index (χ4v) is 7.51. The van der Waals surface area contributed by atoms with E-state index in [2.05, 4.69) is 26.1 Å². The largest absolute Gasteiger partial charge is 0.378 e. The standard InChI is InChI=1S/C24H27N3O5S2/c1-24(2,3)14-6-4-13(5-7-14)16-17-18(21(30)25-20(17)29)33-22-19(16)34-23(31)27(22)12-15(28)26-8-10-32-11-9-26/h4-7,16-18H,8-12H2,1-3H3,(H,25,29,30). The number of nitrogens with one attached hydrogen (secondary N) is 1. The summed E-state index contributed by atoms with van der Waals surface area (Å²) >= 11 is 2.30. The molecule has 0 radical (unpaired) electrons. The van der Waals surface area contributed by atoms with Crippen molar-refractivity contribution < 1.29 is 19.1 Å². The van der Waals surface area contributed by atoms with Crippen molar-refractivity contribution in [2.24, 2.45) is 5.92 Å². The lowest BCUT2D eigenvalue weighted by atomic mass is 9.81. The summed E-state index contributed by atoms with van der Waals surface area (Å²) in [6, 6.07) is 8.07. The van der Waals surface area contributed by atoms with E-state index < -0.39 is 17.1 Å². The number of carbonyl (C=O) groups is 3. The summed E-state index contributed by atoms with van der Waals surface area (Å²) in [6.45, 7) is 8.27. The summed E-state index contributed by atoms with van der Waals surface area (Å²) in [5.74, 6) is -1.81. The first-order valence-corrected chi connectivity index (χ1v) is 13.1. The Balaban J connectivity index is 1.55. The number of carbonyl (C=O) groups excluding carboxylic acids is 3. The zero-order valence-electron chi connectivity index (χ0n) is 19.3. The molecular weight excluding hydrogens is 474 g/mol. The number of morpholine rings is 1. The van der Waals surface area contributed by atoms with E-state index in [0.29, 0.717) is 31.3 Å². The number of hydrogen-bond donors (Lipinski definition) is 1. The highest BCUT2D eigenvalue weighted by molar-refractivity contribution is 8.00. The number of aromatic nitrogens is 1. The molecule has 2 fully saturated rings. The van der Waals surface area contributed by atoms with Gasteiger partial charge in [0.25, 0.3) is 0 Å². The molecule has 2 saturated heterocycles. The third-order valence-corrected chi connectivity index (χ3v) is 9.30. The Bertz CT molecular complexity index is 1200. The second-order valence-corrected chi connectivity index (χ2v) is 12.0. The van der Waals surface area contributed by atoms with Crippen LogP contribution >= 0.6 is 23.1 Å². The molecule has 8 nitrogen and oxygen atoms in total. The van der Waals surface area contributed by atoms with E-state index in [9.17, 15) is 19.2 Å². The highest BCUT2D eigenvalue weighted by Crippen LogP contribution is 2.51. The molecule has 3 aliphatic rings. The molecule has 34 heavy (non-hydrogen) atoms. The number of benzene rings is 1. The van der Waals surface area contributed by atoms with Gasteiger partial charge in [0.15, 0.2) is 0 Å². The summed E-state index contributed by atoms with van der Waals surface area (Å²) in [5.41, 5.74) is 2.03. The smallest absolute Gasteiger partial charge is 0.308 e. The summed E-state index contributed by atoms with van der Waals surface area (Å²) in [5, 5.41) is 2.46. The van der Waals surface area contributed by atoms with Gasteiger partial charge in [-0.2, -0.15) is 0 Å². The quantitative estimate of drug-likeness (QED) is 0.646. The normalized spacial score (nSPS) is 24.6. The van der Waals surface area contributed by atoms with Crippen molar-refractivity contribution in [1.82, 2.24) is 14.8 Å². The van der Waals surface area contributed by atoms with Gasteiger partial charge in [-0.1, -0.05) is 68.1 Å². The van der Waals surface area contributed by atoms with Gasteiger partial charge >= 0.3 is 4.87 Å². The second kappa shape index (κ2) is 8.66. The number of nitrogens with zero attached hydrogens (tertiary/aromatic N) is 2. The molecule has 3 amide bonds. The first kappa shape index (κ1) is 23.3. The van der Waals surface area contributed by atoms with Crippen molar-refractivity contribution in [3.8, 4) is 0 Å². The van der Waals surface area contributed by atoms with Gasteiger partial charge in [-0.15, -0.1) is 0 Å². The molecule has 4 heterocycles. The Morgan fingerprint density at radius 2 is 1.76 bits per heavy atom. The third-order valence-electron chi connectivity index (χ3n) is 6.68. The fraction of sp³-hybridized carbons (Fsp3) is 0.500. The first-order valence-electron chi connectivity index (χ1n) is 11.4. The summed E-state index contributed by atoms with van der Waals surface area (Å²) < 4.78 is 6.80. The van der Waals surface area contributed by atoms with Crippen LogP contribution in [0.1, 0.15) is 42.7 Å². The molecule has 0 aliphatic carbocycles. The minimum Gasteiger partial charge on any atom is -0.378 e. The van der Waals surface area contributed by atoms with Gasteiger partial charge < -0.3 is 9.64 Å². The number of rotatable bonds is 3. The van der Waals surface area contributed by atoms with Crippen LogP contribution in [0, 0.1) is 5.92 Å². The first-order chi connectivity index (χ1) is 16.1. The topological polar surface area (TPSA) is 97.7 Å². The molecule has 0 bridgehead atoms. The molecule has 10 heteroatoms. The number of ether oxygens (including phenoxy) is 1. The molecule has 3 atom stereocenters.